The van der Waals surface area contributed by atoms with E-state index in [1.54, 1.807) is 5.32 Å². The molecule has 0 aliphatic heterocycles. The van der Waals surface area contributed by atoms with Crippen LogP contribution in [0.4, 0.5) is 21.9 Å². The van der Waals surface area contributed by atoms with Gasteiger partial charge in [-0.25, -0.2) is 4.79 Å². The van der Waals surface area contributed by atoms with E-state index in [1.165, 1.54) is 0 Å². The number of nitro benzene ring substituents is 2. The Morgan fingerprint density at radius 2 is 1.88 bits per heavy atom. The largest absolute Gasteiger partial charge is 0.465 e. The smallest absolute Gasteiger partial charge is 0.409 e. The summed E-state index contributed by atoms with van der Waals surface area (Å²) in [4.78, 5) is 29.4. The molecule has 0 aliphatic rings. The summed E-state index contributed by atoms with van der Waals surface area (Å²) in [6.07, 6.45) is -1.54. The third-order valence-electron chi connectivity index (χ3n) is 1.64. The molecule has 0 atom stereocenters. The summed E-state index contributed by atoms with van der Waals surface area (Å²) in [5.74, 6) is 0. The van der Waals surface area contributed by atoms with Crippen molar-refractivity contribution in [3.05, 3.63) is 38.4 Å². The molecule has 0 heterocycles. The first-order valence-corrected chi connectivity index (χ1v) is 3.85. The van der Waals surface area contributed by atoms with Gasteiger partial charge in [0.05, 0.1) is 9.85 Å². The van der Waals surface area contributed by atoms with E-state index in [9.17, 15) is 25.0 Å². The molecule has 0 saturated heterocycles. The minimum Gasteiger partial charge on any atom is -0.465 e. The maximum Gasteiger partial charge on any atom is 0.409 e. The Kier molecular flexibility index (Phi) is 2.99. The van der Waals surface area contributed by atoms with E-state index >= 15 is 0 Å². The maximum atomic E-state index is 10.6. The highest BCUT2D eigenvalue weighted by atomic mass is 16.6. The number of carboxylic acid groups (broad SMARTS) is 1. The quantitative estimate of drug-likeness (QED) is 0.594. The van der Waals surface area contributed by atoms with Crippen molar-refractivity contribution in [2.45, 2.75) is 0 Å². The molecule has 0 aliphatic carbocycles. The van der Waals surface area contributed by atoms with Crippen LogP contribution in [-0.4, -0.2) is 21.0 Å². The maximum absolute atomic E-state index is 10.6. The summed E-state index contributed by atoms with van der Waals surface area (Å²) in [5.41, 5.74) is -2.09. The van der Waals surface area contributed by atoms with Crippen LogP contribution in [0, 0.1) is 20.2 Å². The van der Waals surface area contributed by atoms with Gasteiger partial charge in [-0.1, -0.05) is 6.07 Å². The van der Waals surface area contributed by atoms with Crippen LogP contribution in [0.3, 0.4) is 0 Å². The number of hydrogen-bond donors (Lipinski definition) is 2. The van der Waals surface area contributed by atoms with Gasteiger partial charge in [-0.05, 0) is 6.07 Å². The number of benzene rings is 1. The fourth-order valence-electron chi connectivity index (χ4n) is 1.09. The van der Waals surface area contributed by atoms with Crippen LogP contribution < -0.4 is 5.32 Å². The molecule has 1 amide bonds. The average molecular weight is 227 g/mol. The third kappa shape index (κ3) is 2.20. The second-order valence-corrected chi connectivity index (χ2v) is 2.62. The molecule has 84 valence electrons. The molecule has 1 aromatic carbocycles. The summed E-state index contributed by atoms with van der Waals surface area (Å²) >= 11 is 0. The molecule has 1 rings (SSSR count). The molecule has 1 aromatic rings. The highest BCUT2D eigenvalue weighted by molar-refractivity contribution is 5.88. The van der Waals surface area contributed by atoms with Crippen molar-refractivity contribution in [1.82, 2.24) is 0 Å². The van der Waals surface area contributed by atoms with E-state index in [1.807, 2.05) is 0 Å². The fourth-order valence-corrected chi connectivity index (χ4v) is 1.09. The van der Waals surface area contributed by atoms with E-state index in [4.69, 9.17) is 5.11 Å². The fraction of sp³-hybridized carbons (Fsp3) is 0. The van der Waals surface area contributed by atoms with Crippen molar-refractivity contribution in [3.63, 3.8) is 0 Å². The van der Waals surface area contributed by atoms with Gasteiger partial charge in [0, 0.05) is 6.07 Å². The lowest BCUT2D eigenvalue weighted by molar-refractivity contribution is -0.421. The normalized spacial score (nSPS) is 9.50. The van der Waals surface area contributed by atoms with Gasteiger partial charge >= 0.3 is 17.5 Å². The zero-order valence-corrected chi connectivity index (χ0v) is 7.61. The van der Waals surface area contributed by atoms with Crippen molar-refractivity contribution in [2.75, 3.05) is 5.32 Å². The molecule has 0 fully saturated rings. The number of amides is 1. The first-order chi connectivity index (χ1) is 7.43. The lowest BCUT2D eigenvalue weighted by atomic mass is 10.2. The van der Waals surface area contributed by atoms with Gasteiger partial charge in [0.2, 0.25) is 0 Å². The molecule has 0 saturated carbocycles. The molecule has 0 bridgehead atoms. The van der Waals surface area contributed by atoms with E-state index in [2.05, 4.69) is 0 Å². The van der Waals surface area contributed by atoms with Crippen molar-refractivity contribution in [3.8, 4) is 0 Å². The summed E-state index contributed by atoms with van der Waals surface area (Å²) < 4.78 is 0. The Labute approximate surface area is 87.6 Å². The Hall–Kier alpha value is -2.71. The number of para-hydroxylation sites is 1. The molecule has 9 heteroatoms. The summed E-state index contributed by atoms with van der Waals surface area (Å²) in [7, 11) is 0. The van der Waals surface area contributed by atoms with E-state index in [-0.39, 0.29) is 0 Å². The molecule has 0 unspecified atom stereocenters. The summed E-state index contributed by atoms with van der Waals surface area (Å²) in [6.45, 7) is 0. The SMILES string of the molecule is O=C(O)Nc1cccc([N+](=O)[O-])c1[N+](=O)[O-]. The van der Waals surface area contributed by atoms with Gasteiger partial charge in [0.15, 0.2) is 0 Å². The Morgan fingerprint density at radius 1 is 1.25 bits per heavy atom. The van der Waals surface area contributed by atoms with Gasteiger partial charge in [0.1, 0.15) is 5.69 Å². The molecule has 9 nitrogen and oxygen atoms in total. The Bertz CT molecular complexity index is 471. The predicted octanol–water partition coefficient (Wildman–Crippen LogP) is 1.59. The molecule has 0 spiro atoms. The van der Waals surface area contributed by atoms with Crippen LogP contribution in [0.1, 0.15) is 0 Å². The number of carbonyl (C=O) groups is 1. The van der Waals surface area contributed by atoms with Crippen molar-refractivity contribution < 1.29 is 19.7 Å². The monoisotopic (exact) mass is 227 g/mol. The number of rotatable bonds is 3. The molecule has 0 aromatic heterocycles. The van der Waals surface area contributed by atoms with Crippen LogP contribution in [0.2, 0.25) is 0 Å². The average Bonchev–Trinajstić information content (AvgIpc) is 2.15. The summed E-state index contributed by atoms with van der Waals surface area (Å²) in [6, 6.07) is 3.14. The zero-order chi connectivity index (χ0) is 12.3. The van der Waals surface area contributed by atoms with E-state index in [0.717, 1.165) is 18.2 Å². The lowest BCUT2D eigenvalue weighted by Gasteiger charge is -2.01. The van der Waals surface area contributed by atoms with Crippen LogP contribution in [0.25, 0.3) is 0 Å². The number of nitro groups is 2. The van der Waals surface area contributed by atoms with Crippen molar-refractivity contribution >= 4 is 23.2 Å². The van der Waals surface area contributed by atoms with Gasteiger partial charge in [-0.15, -0.1) is 0 Å². The van der Waals surface area contributed by atoms with Gasteiger partial charge < -0.3 is 5.11 Å². The van der Waals surface area contributed by atoms with Crippen LogP contribution >= 0.6 is 0 Å². The first-order valence-electron chi connectivity index (χ1n) is 3.85. The first kappa shape index (κ1) is 11.4. The minimum absolute atomic E-state index is 0.438. The van der Waals surface area contributed by atoms with Crippen molar-refractivity contribution in [2.24, 2.45) is 0 Å². The second-order valence-electron chi connectivity index (χ2n) is 2.62. The Balaban J connectivity index is 3.38. The highest BCUT2D eigenvalue weighted by Crippen LogP contribution is 2.34. The van der Waals surface area contributed by atoms with E-state index < -0.39 is 33.0 Å². The summed E-state index contributed by atoms with van der Waals surface area (Å²) in [5, 5.41) is 31.2. The molecular formula is C7H5N3O6. The van der Waals surface area contributed by atoms with Crippen LogP contribution in [0.15, 0.2) is 18.2 Å². The number of anilines is 1. The zero-order valence-electron chi connectivity index (χ0n) is 7.61. The number of nitrogens with zero attached hydrogens (tertiary/aromatic N) is 2. The standard InChI is InChI=1S/C7H5N3O6/c11-7(12)8-4-2-1-3-5(9(13)14)6(4)10(15)16/h1-3,8H,(H,11,12). The minimum atomic E-state index is -1.54. The third-order valence-corrected chi connectivity index (χ3v) is 1.64. The van der Waals surface area contributed by atoms with Gasteiger partial charge in [-0.2, -0.15) is 0 Å². The van der Waals surface area contributed by atoms with Gasteiger partial charge in [0.25, 0.3) is 0 Å². The van der Waals surface area contributed by atoms with Gasteiger partial charge in [-0.3, -0.25) is 25.5 Å². The second kappa shape index (κ2) is 4.21. The molecule has 16 heavy (non-hydrogen) atoms. The van der Waals surface area contributed by atoms with Crippen LogP contribution in [0.5, 0.6) is 0 Å². The van der Waals surface area contributed by atoms with Crippen LogP contribution in [-0.2, 0) is 0 Å². The topological polar surface area (TPSA) is 136 Å². The molecular weight excluding hydrogens is 222 g/mol. The van der Waals surface area contributed by atoms with E-state index in [0.29, 0.717) is 0 Å². The van der Waals surface area contributed by atoms with Crippen molar-refractivity contribution in [1.29, 1.82) is 0 Å². The number of hydrogen-bond acceptors (Lipinski definition) is 5. The lowest BCUT2D eigenvalue weighted by Crippen LogP contribution is -2.10. The Morgan fingerprint density at radius 3 is 2.31 bits per heavy atom. The molecule has 0 radical (unpaired) electrons. The number of nitrogens with one attached hydrogen (secondary N) is 1. The molecule has 2 N–H and O–H groups in total. The predicted molar refractivity (Wildman–Crippen MR) is 51.4 cm³/mol. The highest BCUT2D eigenvalue weighted by Gasteiger charge is 2.28.